The van der Waals surface area contributed by atoms with Crippen molar-refractivity contribution in [3.63, 3.8) is 0 Å². The number of ether oxygens (including phenoxy) is 1. The van der Waals surface area contributed by atoms with Crippen LogP contribution < -0.4 is 5.32 Å². The molecule has 7 heteroatoms. The molecule has 1 atom stereocenters. The number of carbonyl (C=O) groups is 2. The maximum atomic E-state index is 13.2. The third-order valence-electron chi connectivity index (χ3n) is 3.25. The van der Waals surface area contributed by atoms with Crippen LogP contribution in [0.3, 0.4) is 0 Å². The minimum atomic E-state index is -4.84. The van der Waals surface area contributed by atoms with E-state index in [9.17, 15) is 22.8 Å². The molecule has 0 aliphatic carbocycles. The van der Waals surface area contributed by atoms with Crippen molar-refractivity contribution in [2.75, 3.05) is 6.61 Å². The molecule has 0 radical (unpaired) electrons. The van der Waals surface area contributed by atoms with Gasteiger partial charge in [0.25, 0.3) is 0 Å². The zero-order chi connectivity index (χ0) is 16.3. The number of hydrogen-bond donors (Lipinski definition) is 1. The molecule has 22 heavy (non-hydrogen) atoms. The zero-order valence-corrected chi connectivity index (χ0v) is 11.7. The number of carbonyl (C=O) groups excluding carboxylic acids is 2. The number of nitrogens with one attached hydrogen (secondary N) is 1. The van der Waals surface area contributed by atoms with E-state index in [-0.39, 0.29) is 13.0 Å². The number of hydrogen-bond acceptors (Lipinski definition) is 3. The van der Waals surface area contributed by atoms with Crippen LogP contribution in [-0.4, -0.2) is 24.7 Å². The van der Waals surface area contributed by atoms with Crippen LogP contribution in [0.1, 0.15) is 24.8 Å². The minimum Gasteiger partial charge on any atom is -0.463 e. The van der Waals surface area contributed by atoms with Gasteiger partial charge in [0.15, 0.2) is 0 Å². The van der Waals surface area contributed by atoms with E-state index in [2.05, 4.69) is 0 Å². The topological polar surface area (TPSA) is 55.4 Å². The third-order valence-corrected chi connectivity index (χ3v) is 3.25. The van der Waals surface area contributed by atoms with E-state index in [1.807, 2.05) is 0 Å². The summed E-state index contributed by atoms with van der Waals surface area (Å²) in [5.74, 6) is -2.83. The van der Waals surface area contributed by atoms with Crippen LogP contribution in [0.25, 0.3) is 0 Å². The first-order chi connectivity index (χ1) is 10.3. The van der Waals surface area contributed by atoms with Crippen molar-refractivity contribution < 1.29 is 27.5 Å². The second-order valence-corrected chi connectivity index (χ2v) is 4.72. The van der Waals surface area contributed by atoms with Gasteiger partial charge in [0.2, 0.25) is 5.91 Å². The van der Waals surface area contributed by atoms with Crippen LogP contribution in [0.2, 0.25) is 0 Å². The predicted molar refractivity (Wildman–Crippen MR) is 71.7 cm³/mol. The Kier molecular flexibility index (Phi) is 4.54. The lowest BCUT2D eigenvalue weighted by molar-refractivity contribution is -0.142. The van der Waals surface area contributed by atoms with Crippen LogP contribution in [0.4, 0.5) is 13.2 Å². The average molecular weight is 313 g/mol. The molecule has 0 spiro atoms. The van der Waals surface area contributed by atoms with Crippen molar-refractivity contribution >= 4 is 11.9 Å². The predicted octanol–water partition coefficient (Wildman–Crippen LogP) is 2.67. The van der Waals surface area contributed by atoms with Gasteiger partial charge < -0.3 is 10.1 Å². The first kappa shape index (κ1) is 16.1. The molecule has 0 bridgehead atoms. The number of halogens is 3. The summed E-state index contributed by atoms with van der Waals surface area (Å²) in [4.78, 5) is 23.6. The van der Waals surface area contributed by atoms with Crippen molar-refractivity contribution in [3.05, 3.63) is 47.2 Å². The highest BCUT2D eigenvalue weighted by Crippen LogP contribution is 2.39. The first-order valence-electron chi connectivity index (χ1n) is 6.67. The molecule has 1 aliphatic rings. The Morgan fingerprint density at radius 1 is 1.32 bits per heavy atom. The Labute approximate surface area is 125 Å². The summed E-state index contributed by atoms with van der Waals surface area (Å²) in [5.41, 5.74) is -1.43. The Balaban J connectivity index is 2.59. The Morgan fingerprint density at radius 3 is 2.50 bits per heavy atom. The van der Waals surface area contributed by atoms with E-state index in [4.69, 9.17) is 4.74 Å². The fraction of sp³-hybridized carbons (Fsp3) is 0.333. The number of esters is 1. The van der Waals surface area contributed by atoms with Gasteiger partial charge in [-0.15, -0.1) is 0 Å². The van der Waals surface area contributed by atoms with Gasteiger partial charge in [0.1, 0.15) is 5.70 Å². The molecule has 4 nitrogen and oxygen atoms in total. The molecule has 0 saturated heterocycles. The molecule has 118 valence electrons. The summed E-state index contributed by atoms with van der Waals surface area (Å²) in [6.07, 6.45) is -5.08. The van der Waals surface area contributed by atoms with Gasteiger partial charge in [-0.25, -0.2) is 4.79 Å². The number of allylic oxidation sites excluding steroid dienone is 1. The summed E-state index contributed by atoms with van der Waals surface area (Å²) in [6, 6.07) is 8.13. The molecule has 0 aromatic heterocycles. The third kappa shape index (κ3) is 3.29. The summed E-state index contributed by atoms with van der Waals surface area (Å²) < 4.78 is 44.3. The van der Waals surface area contributed by atoms with E-state index in [1.165, 1.54) is 6.92 Å². The summed E-state index contributed by atoms with van der Waals surface area (Å²) >= 11 is 0. The maximum Gasteiger partial charge on any atom is 0.431 e. The van der Waals surface area contributed by atoms with E-state index in [1.54, 1.807) is 35.6 Å². The quantitative estimate of drug-likeness (QED) is 0.873. The van der Waals surface area contributed by atoms with Crippen molar-refractivity contribution in [1.29, 1.82) is 0 Å². The molecular formula is C15H14F3NO3. The lowest BCUT2D eigenvalue weighted by Crippen LogP contribution is -2.41. The van der Waals surface area contributed by atoms with Gasteiger partial charge >= 0.3 is 12.1 Å². The van der Waals surface area contributed by atoms with Crippen LogP contribution in [0, 0.1) is 0 Å². The van der Waals surface area contributed by atoms with Gasteiger partial charge in [-0.05, 0) is 12.5 Å². The monoisotopic (exact) mass is 313 g/mol. The molecule has 0 fully saturated rings. The molecular weight excluding hydrogens is 299 g/mol. The van der Waals surface area contributed by atoms with Crippen LogP contribution in [0.15, 0.2) is 41.6 Å². The second-order valence-electron chi connectivity index (χ2n) is 4.72. The fourth-order valence-corrected chi connectivity index (χ4v) is 2.37. The summed E-state index contributed by atoms with van der Waals surface area (Å²) in [7, 11) is 0. The normalized spacial score (nSPS) is 18.9. The molecule has 1 N–H and O–H groups in total. The molecule has 1 aromatic carbocycles. The number of amides is 1. The molecule has 1 unspecified atom stereocenters. The van der Waals surface area contributed by atoms with E-state index >= 15 is 0 Å². The highest BCUT2D eigenvalue weighted by atomic mass is 19.4. The Bertz CT molecular complexity index is 608. The molecule has 2 rings (SSSR count). The lowest BCUT2D eigenvalue weighted by Gasteiger charge is -2.28. The first-order valence-corrected chi connectivity index (χ1v) is 6.67. The van der Waals surface area contributed by atoms with Gasteiger partial charge in [-0.1, -0.05) is 30.3 Å². The van der Waals surface area contributed by atoms with Crippen molar-refractivity contribution in [2.45, 2.75) is 25.4 Å². The van der Waals surface area contributed by atoms with Crippen LogP contribution in [0.5, 0.6) is 0 Å². The molecule has 1 aromatic rings. The van der Waals surface area contributed by atoms with Crippen molar-refractivity contribution in [3.8, 4) is 0 Å². The summed E-state index contributed by atoms with van der Waals surface area (Å²) in [6.45, 7) is 1.45. The standard InChI is InChI=1S/C15H14F3NO3/c1-2-22-14(21)12-10(9-6-4-3-5-7-9)8-11(20)19-13(12)15(16,17)18/h3-7,10H,2,8H2,1H3,(H,19,20). The van der Waals surface area contributed by atoms with Crippen molar-refractivity contribution in [2.24, 2.45) is 0 Å². The molecule has 1 heterocycles. The highest BCUT2D eigenvalue weighted by Gasteiger charge is 2.45. The van der Waals surface area contributed by atoms with Crippen molar-refractivity contribution in [1.82, 2.24) is 5.32 Å². The van der Waals surface area contributed by atoms with Gasteiger partial charge in [0, 0.05) is 12.3 Å². The number of benzene rings is 1. The van der Waals surface area contributed by atoms with Crippen LogP contribution >= 0.6 is 0 Å². The smallest absolute Gasteiger partial charge is 0.431 e. The van der Waals surface area contributed by atoms with Gasteiger partial charge in [-0.2, -0.15) is 13.2 Å². The number of alkyl halides is 3. The number of rotatable bonds is 3. The minimum absolute atomic E-state index is 0.0527. The Hall–Kier alpha value is -2.31. The highest BCUT2D eigenvalue weighted by molar-refractivity contribution is 5.96. The van der Waals surface area contributed by atoms with Gasteiger partial charge in [-0.3, -0.25) is 4.79 Å². The maximum absolute atomic E-state index is 13.2. The lowest BCUT2D eigenvalue weighted by atomic mass is 9.84. The molecule has 1 aliphatic heterocycles. The second kappa shape index (κ2) is 6.21. The molecule has 1 amide bonds. The van der Waals surface area contributed by atoms with E-state index in [0.717, 1.165) is 0 Å². The summed E-state index contributed by atoms with van der Waals surface area (Å²) in [5, 5.41) is 1.76. The fourth-order valence-electron chi connectivity index (χ4n) is 2.37. The Morgan fingerprint density at radius 2 is 1.95 bits per heavy atom. The zero-order valence-electron chi connectivity index (χ0n) is 11.7. The largest absolute Gasteiger partial charge is 0.463 e. The SMILES string of the molecule is CCOC(=O)C1=C(C(F)(F)F)NC(=O)CC1c1ccccc1. The van der Waals surface area contributed by atoms with Crippen LogP contribution in [-0.2, 0) is 14.3 Å². The van der Waals surface area contributed by atoms with E-state index < -0.39 is 35.2 Å². The van der Waals surface area contributed by atoms with Gasteiger partial charge in [0.05, 0.1) is 12.2 Å². The van der Waals surface area contributed by atoms with E-state index in [0.29, 0.717) is 5.56 Å². The average Bonchev–Trinajstić information content (AvgIpc) is 2.46. The molecule has 0 saturated carbocycles.